The molecule has 1 aliphatic heterocycles. The number of likely N-dealkylation sites (tertiary alicyclic amines) is 1. The van der Waals surface area contributed by atoms with E-state index in [1.807, 2.05) is 0 Å². The van der Waals surface area contributed by atoms with E-state index in [0.29, 0.717) is 25.9 Å². The summed E-state index contributed by atoms with van der Waals surface area (Å²) in [5.41, 5.74) is -0.468. The molecule has 1 amide bonds. The zero-order valence-corrected chi connectivity index (χ0v) is 14.4. The Morgan fingerprint density at radius 3 is 2.30 bits per heavy atom. The maximum atomic E-state index is 12.6. The van der Waals surface area contributed by atoms with Crippen LogP contribution in [0.1, 0.15) is 40.5 Å². The predicted molar refractivity (Wildman–Crippen MR) is 92.2 cm³/mol. The van der Waals surface area contributed by atoms with Crippen LogP contribution in [0.25, 0.3) is 0 Å². The van der Waals surface area contributed by atoms with Crippen LogP contribution < -0.4 is 0 Å². The second-order valence-corrected chi connectivity index (χ2v) is 6.35. The number of piperidine rings is 1. The van der Waals surface area contributed by atoms with Crippen LogP contribution in [-0.2, 0) is 11.0 Å². The van der Waals surface area contributed by atoms with Gasteiger partial charge in [-0.3, -0.25) is 14.3 Å². The Labute approximate surface area is 154 Å². The molecular formula is C19H18F3N3O2. The second-order valence-electron chi connectivity index (χ2n) is 6.35. The van der Waals surface area contributed by atoms with Gasteiger partial charge in [0.15, 0.2) is 0 Å². The van der Waals surface area contributed by atoms with E-state index in [4.69, 9.17) is 0 Å². The minimum atomic E-state index is -4.44. The molecule has 142 valence electrons. The van der Waals surface area contributed by atoms with E-state index in [2.05, 4.69) is 11.7 Å². The summed E-state index contributed by atoms with van der Waals surface area (Å²) < 4.78 is 39.6. The number of carbonyl (C=O) groups is 2. The number of hydrogen-bond acceptors (Lipinski definition) is 3. The van der Waals surface area contributed by atoms with Gasteiger partial charge in [0.25, 0.3) is 0 Å². The molecule has 1 fully saturated rings. The van der Waals surface area contributed by atoms with Crippen LogP contribution in [0.2, 0.25) is 0 Å². The molecule has 1 saturated heterocycles. The first kappa shape index (κ1) is 18.9. The van der Waals surface area contributed by atoms with Crippen LogP contribution in [0.5, 0.6) is 0 Å². The Bertz CT molecular complexity index is 848. The van der Waals surface area contributed by atoms with Crippen LogP contribution in [0, 0.1) is 0 Å². The van der Waals surface area contributed by atoms with Gasteiger partial charge in [0.05, 0.1) is 11.6 Å². The highest BCUT2D eigenvalue weighted by Gasteiger charge is 2.30. The zero-order chi connectivity index (χ0) is 19.6. The summed E-state index contributed by atoms with van der Waals surface area (Å²) >= 11 is 0. The van der Waals surface area contributed by atoms with Crippen molar-refractivity contribution >= 4 is 11.7 Å². The van der Waals surface area contributed by atoms with Gasteiger partial charge in [-0.2, -0.15) is 18.3 Å². The molecule has 1 aliphatic rings. The standard InChI is InChI=1S/C19H18F3N3O2/c1-2-17(26)24-10-7-15(8-11-24)25-12-9-16(23-25)18(27)13-3-5-14(6-4-13)19(20,21)22/h2-6,9,12,15H,1,7-8,10-11H2. The summed E-state index contributed by atoms with van der Waals surface area (Å²) in [7, 11) is 0. The van der Waals surface area contributed by atoms with Gasteiger partial charge in [0, 0.05) is 24.8 Å². The number of halogens is 3. The van der Waals surface area contributed by atoms with Crippen LogP contribution in [0.4, 0.5) is 13.2 Å². The number of benzene rings is 1. The molecule has 8 heteroatoms. The Kier molecular flexibility index (Phi) is 5.16. The number of hydrogen-bond donors (Lipinski definition) is 0. The molecule has 5 nitrogen and oxygen atoms in total. The molecule has 1 aromatic carbocycles. The van der Waals surface area contributed by atoms with E-state index in [0.717, 1.165) is 24.3 Å². The van der Waals surface area contributed by atoms with Crippen molar-refractivity contribution in [3.05, 3.63) is 66.0 Å². The number of amides is 1. The van der Waals surface area contributed by atoms with E-state index in [1.54, 1.807) is 21.8 Å². The van der Waals surface area contributed by atoms with Crippen molar-refractivity contribution in [1.82, 2.24) is 14.7 Å². The highest BCUT2D eigenvalue weighted by Crippen LogP contribution is 2.29. The lowest BCUT2D eigenvalue weighted by atomic mass is 10.1. The van der Waals surface area contributed by atoms with Crippen LogP contribution in [0.3, 0.4) is 0 Å². The zero-order valence-electron chi connectivity index (χ0n) is 14.4. The fourth-order valence-corrected chi connectivity index (χ4v) is 3.10. The van der Waals surface area contributed by atoms with Gasteiger partial charge in [-0.15, -0.1) is 0 Å². The lowest BCUT2D eigenvalue weighted by Gasteiger charge is -2.31. The SMILES string of the molecule is C=CC(=O)N1CCC(n2ccc(C(=O)c3ccc(C(F)(F)F)cc3)n2)CC1. The van der Waals surface area contributed by atoms with Crippen molar-refractivity contribution in [3.63, 3.8) is 0 Å². The summed E-state index contributed by atoms with van der Waals surface area (Å²) in [6.07, 6.45) is -0.0582. The monoisotopic (exact) mass is 377 g/mol. The molecule has 0 N–H and O–H groups in total. The van der Waals surface area contributed by atoms with Gasteiger partial charge < -0.3 is 4.90 Å². The molecule has 0 aliphatic carbocycles. The fourth-order valence-electron chi connectivity index (χ4n) is 3.10. The fraction of sp³-hybridized carbons (Fsp3) is 0.316. The number of ketones is 1. The first-order valence-electron chi connectivity index (χ1n) is 8.48. The molecule has 0 unspecified atom stereocenters. The third kappa shape index (κ3) is 4.10. The molecule has 0 saturated carbocycles. The van der Waals surface area contributed by atoms with Crippen molar-refractivity contribution < 1.29 is 22.8 Å². The number of carbonyl (C=O) groups excluding carboxylic acids is 2. The molecular weight excluding hydrogens is 359 g/mol. The van der Waals surface area contributed by atoms with Crippen molar-refractivity contribution in [2.75, 3.05) is 13.1 Å². The van der Waals surface area contributed by atoms with Gasteiger partial charge in [-0.05, 0) is 37.1 Å². The largest absolute Gasteiger partial charge is 0.416 e. The quantitative estimate of drug-likeness (QED) is 0.606. The minimum Gasteiger partial charge on any atom is -0.339 e. The normalized spacial score (nSPS) is 15.6. The summed E-state index contributed by atoms with van der Waals surface area (Å²) in [4.78, 5) is 25.8. The topological polar surface area (TPSA) is 55.2 Å². The summed E-state index contributed by atoms with van der Waals surface area (Å²) in [6.45, 7) is 4.64. The summed E-state index contributed by atoms with van der Waals surface area (Å²) in [5, 5.41) is 4.29. The molecule has 0 spiro atoms. The van der Waals surface area contributed by atoms with Crippen LogP contribution in [0.15, 0.2) is 49.2 Å². The average Bonchev–Trinajstić information content (AvgIpc) is 3.16. The smallest absolute Gasteiger partial charge is 0.339 e. The lowest BCUT2D eigenvalue weighted by Crippen LogP contribution is -2.38. The average molecular weight is 377 g/mol. The Morgan fingerprint density at radius 1 is 1.11 bits per heavy atom. The van der Waals surface area contributed by atoms with Crippen LogP contribution in [-0.4, -0.2) is 39.5 Å². The molecule has 0 atom stereocenters. The molecule has 0 bridgehead atoms. The van der Waals surface area contributed by atoms with Crippen molar-refractivity contribution in [3.8, 4) is 0 Å². The number of rotatable bonds is 4. The lowest BCUT2D eigenvalue weighted by molar-refractivity contribution is -0.137. The summed E-state index contributed by atoms with van der Waals surface area (Å²) in [5.74, 6) is -0.533. The van der Waals surface area contributed by atoms with E-state index in [1.165, 1.54) is 6.08 Å². The number of aromatic nitrogens is 2. The van der Waals surface area contributed by atoms with Crippen molar-refractivity contribution in [2.24, 2.45) is 0 Å². The predicted octanol–water partition coefficient (Wildman–Crippen LogP) is 3.48. The molecule has 3 rings (SSSR count). The van der Waals surface area contributed by atoms with Gasteiger partial charge in [0.1, 0.15) is 5.69 Å². The molecule has 2 aromatic rings. The number of nitrogens with zero attached hydrogens (tertiary/aromatic N) is 3. The van der Waals surface area contributed by atoms with Crippen molar-refractivity contribution in [1.29, 1.82) is 0 Å². The maximum absolute atomic E-state index is 12.6. The third-order valence-electron chi connectivity index (χ3n) is 4.64. The van der Waals surface area contributed by atoms with Gasteiger partial charge in [0.2, 0.25) is 11.7 Å². The van der Waals surface area contributed by atoms with E-state index < -0.39 is 17.5 Å². The Hall–Kier alpha value is -2.90. The maximum Gasteiger partial charge on any atom is 0.416 e. The van der Waals surface area contributed by atoms with E-state index in [-0.39, 0.29) is 23.2 Å². The van der Waals surface area contributed by atoms with Gasteiger partial charge >= 0.3 is 6.18 Å². The van der Waals surface area contributed by atoms with E-state index in [9.17, 15) is 22.8 Å². The molecule has 1 aromatic heterocycles. The highest BCUT2D eigenvalue weighted by atomic mass is 19.4. The molecule has 0 radical (unpaired) electrons. The van der Waals surface area contributed by atoms with Crippen LogP contribution >= 0.6 is 0 Å². The molecule has 27 heavy (non-hydrogen) atoms. The molecule has 2 heterocycles. The number of alkyl halides is 3. The third-order valence-corrected chi connectivity index (χ3v) is 4.64. The first-order chi connectivity index (χ1) is 12.8. The second kappa shape index (κ2) is 7.38. The van der Waals surface area contributed by atoms with Gasteiger partial charge in [-0.25, -0.2) is 0 Å². The van der Waals surface area contributed by atoms with E-state index >= 15 is 0 Å². The Morgan fingerprint density at radius 2 is 1.74 bits per heavy atom. The van der Waals surface area contributed by atoms with Gasteiger partial charge in [-0.1, -0.05) is 18.7 Å². The Balaban J connectivity index is 1.68. The first-order valence-corrected chi connectivity index (χ1v) is 8.48. The highest BCUT2D eigenvalue weighted by molar-refractivity contribution is 6.07. The summed E-state index contributed by atoms with van der Waals surface area (Å²) in [6, 6.07) is 5.70. The minimum absolute atomic E-state index is 0.0630. The van der Waals surface area contributed by atoms with Crippen molar-refractivity contribution in [2.45, 2.75) is 25.1 Å².